The Balaban J connectivity index is 1.68. The van der Waals surface area contributed by atoms with Crippen LogP contribution in [0.3, 0.4) is 0 Å². The number of amides is 1. The van der Waals surface area contributed by atoms with Crippen LogP contribution in [0.1, 0.15) is 29.1 Å². The Labute approximate surface area is 156 Å². The fourth-order valence-electron chi connectivity index (χ4n) is 2.59. The lowest BCUT2D eigenvalue weighted by Gasteiger charge is -2.11. The molecule has 1 unspecified atom stereocenters. The van der Waals surface area contributed by atoms with Gasteiger partial charge in [0, 0.05) is 11.6 Å². The Bertz CT molecular complexity index is 917. The number of aryl methyl sites for hydroxylation is 1. The molecule has 0 saturated carbocycles. The van der Waals surface area contributed by atoms with Crippen LogP contribution >= 0.6 is 11.3 Å². The lowest BCUT2D eigenvalue weighted by Crippen LogP contribution is -2.24. The van der Waals surface area contributed by atoms with Gasteiger partial charge in [-0.1, -0.05) is 42.5 Å². The van der Waals surface area contributed by atoms with E-state index in [1.54, 1.807) is 29.5 Å². The zero-order chi connectivity index (χ0) is 18.5. The summed E-state index contributed by atoms with van der Waals surface area (Å²) >= 11 is 1.59. The third-order valence-electron chi connectivity index (χ3n) is 3.90. The standard InChI is InChI=1S/C21H19FN2OS/c1-14(23-19(25)13-10-16-8-11-18(22)12-9-16)20-15(2)24-21(26-20)17-6-4-3-5-7-17/h3-14H,1-2H3,(H,23,25). The van der Waals surface area contributed by atoms with Crippen LogP contribution in [-0.2, 0) is 4.79 Å². The van der Waals surface area contributed by atoms with Gasteiger partial charge in [0.05, 0.1) is 16.6 Å². The predicted molar refractivity (Wildman–Crippen MR) is 104 cm³/mol. The number of carbonyl (C=O) groups excluding carboxylic acids is 1. The van der Waals surface area contributed by atoms with E-state index in [2.05, 4.69) is 10.3 Å². The SMILES string of the molecule is Cc1nc(-c2ccccc2)sc1C(C)NC(=O)C=Cc1ccc(F)cc1. The molecule has 0 radical (unpaired) electrons. The molecule has 0 aliphatic carbocycles. The number of nitrogens with zero attached hydrogens (tertiary/aromatic N) is 1. The van der Waals surface area contributed by atoms with Gasteiger partial charge in [0.25, 0.3) is 0 Å². The number of carbonyl (C=O) groups is 1. The molecule has 3 rings (SSSR count). The van der Waals surface area contributed by atoms with Gasteiger partial charge in [-0.05, 0) is 37.6 Å². The van der Waals surface area contributed by atoms with Crippen molar-refractivity contribution in [1.82, 2.24) is 10.3 Å². The molecule has 0 aliphatic heterocycles. The Kier molecular flexibility index (Phi) is 5.58. The summed E-state index contributed by atoms with van der Waals surface area (Å²) in [4.78, 5) is 17.8. The van der Waals surface area contributed by atoms with Crippen LogP contribution in [0.15, 0.2) is 60.7 Å². The summed E-state index contributed by atoms with van der Waals surface area (Å²) < 4.78 is 12.9. The summed E-state index contributed by atoms with van der Waals surface area (Å²) in [5.41, 5.74) is 2.76. The number of thiazole rings is 1. The van der Waals surface area contributed by atoms with Gasteiger partial charge < -0.3 is 5.32 Å². The maximum Gasteiger partial charge on any atom is 0.244 e. The normalized spacial score (nSPS) is 12.3. The summed E-state index contributed by atoms with van der Waals surface area (Å²) in [6.07, 6.45) is 3.12. The zero-order valence-corrected chi connectivity index (χ0v) is 15.4. The maximum absolute atomic E-state index is 12.9. The number of benzene rings is 2. The second-order valence-corrected chi connectivity index (χ2v) is 6.98. The first kappa shape index (κ1) is 18.0. The van der Waals surface area contributed by atoms with Gasteiger partial charge in [-0.25, -0.2) is 9.37 Å². The largest absolute Gasteiger partial charge is 0.345 e. The minimum atomic E-state index is -0.296. The predicted octanol–water partition coefficient (Wildman–Crippen LogP) is 5.15. The summed E-state index contributed by atoms with van der Waals surface area (Å²) in [5, 5.41) is 3.90. The van der Waals surface area contributed by atoms with Gasteiger partial charge in [0.15, 0.2) is 0 Å². The number of aromatic nitrogens is 1. The minimum Gasteiger partial charge on any atom is -0.345 e. The van der Waals surface area contributed by atoms with E-state index in [-0.39, 0.29) is 17.8 Å². The zero-order valence-electron chi connectivity index (χ0n) is 14.6. The molecule has 1 heterocycles. The molecule has 1 aromatic heterocycles. The molecule has 26 heavy (non-hydrogen) atoms. The molecule has 2 aromatic carbocycles. The van der Waals surface area contributed by atoms with Gasteiger partial charge in [0.2, 0.25) is 5.91 Å². The molecule has 0 fully saturated rings. The van der Waals surface area contributed by atoms with Crippen LogP contribution in [0.25, 0.3) is 16.6 Å². The quantitative estimate of drug-likeness (QED) is 0.635. The van der Waals surface area contributed by atoms with Gasteiger partial charge in [-0.15, -0.1) is 11.3 Å². The third-order valence-corrected chi connectivity index (χ3v) is 5.29. The highest BCUT2D eigenvalue weighted by Gasteiger charge is 2.16. The van der Waals surface area contributed by atoms with Gasteiger partial charge in [-0.3, -0.25) is 4.79 Å². The van der Waals surface area contributed by atoms with Gasteiger partial charge in [-0.2, -0.15) is 0 Å². The van der Waals surface area contributed by atoms with Crippen molar-refractivity contribution in [2.24, 2.45) is 0 Å². The van der Waals surface area contributed by atoms with Crippen LogP contribution in [0.5, 0.6) is 0 Å². The van der Waals surface area contributed by atoms with Crippen LogP contribution in [-0.4, -0.2) is 10.9 Å². The van der Waals surface area contributed by atoms with E-state index in [4.69, 9.17) is 0 Å². The molecular weight excluding hydrogens is 347 g/mol. The highest BCUT2D eigenvalue weighted by molar-refractivity contribution is 7.15. The number of halogens is 1. The van der Waals surface area contributed by atoms with E-state index in [0.717, 1.165) is 26.7 Å². The average molecular weight is 366 g/mol. The third kappa shape index (κ3) is 4.43. The summed E-state index contributed by atoms with van der Waals surface area (Å²) in [7, 11) is 0. The number of hydrogen-bond donors (Lipinski definition) is 1. The van der Waals surface area contributed by atoms with Crippen molar-refractivity contribution in [3.8, 4) is 10.6 Å². The summed E-state index contributed by atoms with van der Waals surface area (Å²) in [5.74, 6) is -0.494. The topological polar surface area (TPSA) is 42.0 Å². The van der Waals surface area contributed by atoms with Crippen LogP contribution in [0.2, 0.25) is 0 Å². The lowest BCUT2D eigenvalue weighted by atomic mass is 10.2. The average Bonchev–Trinajstić information content (AvgIpc) is 3.04. The Morgan fingerprint density at radius 1 is 1.15 bits per heavy atom. The monoisotopic (exact) mass is 366 g/mol. The van der Waals surface area contributed by atoms with Crippen molar-refractivity contribution < 1.29 is 9.18 Å². The Hall–Kier alpha value is -2.79. The molecule has 1 amide bonds. The van der Waals surface area contributed by atoms with Crippen molar-refractivity contribution in [3.05, 3.63) is 82.6 Å². The van der Waals surface area contributed by atoms with Crippen molar-refractivity contribution >= 4 is 23.3 Å². The molecule has 0 bridgehead atoms. The molecule has 0 spiro atoms. The number of nitrogens with one attached hydrogen (secondary N) is 1. The van der Waals surface area contributed by atoms with E-state index in [1.807, 2.05) is 44.2 Å². The molecule has 3 nitrogen and oxygen atoms in total. The molecule has 0 aliphatic rings. The summed E-state index contributed by atoms with van der Waals surface area (Å²) in [6, 6.07) is 15.8. The summed E-state index contributed by atoms with van der Waals surface area (Å²) in [6.45, 7) is 3.90. The maximum atomic E-state index is 12.9. The van der Waals surface area contributed by atoms with Crippen molar-refractivity contribution in [3.63, 3.8) is 0 Å². The van der Waals surface area contributed by atoms with E-state index < -0.39 is 0 Å². The van der Waals surface area contributed by atoms with Crippen molar-refractivity contribution in [2.45, 2.75) is 19.9 Å². The molecule has 3 aromatic rings. The first-order valence-electron chi connectivity index (χ1n) is 8.30. The molecule has 1 N–H and O–H groups in total. The highest BCUT2D eigenvalue weighted by atomic mass is 32.1. The molecule has 0 saturated heterocycles. The Morgan fingerprint density at radius 2 is 1.85 bits per heavy atom. The number of rotatable bonds is 5. The first-order valence-corrected chi connectivity index (χ1v) is 9.11. The highest BCUT2D eigenvalue weighted by Crippen LogP contribution is 2.31. The lowest BCUT2D eigenvalue weighted by molar-refractivity contribution is -0.117. The van der Waals surface area contributed by atoms with Gasteiger partial charge in [0.1, 0.15) is 10.8 Å². The first-order chi connectivity index (χ1) is 12.5. The smallest absolute Gasteiger partial charge is 0.244 e. The van der Waals surface area contributed by atoms with Crippen LogP contribution < -0.4 is 5.32 Å². The number of hydrogen-bond acceptors (Lipinski definition) is 3. The molecule has 5 heteroatoms. The molecular formula is C21H19FN2OS. The van der Waals surface area contributed by atoms with Crippen molar-refractivity contribution in [2.75, 3.05) is 0 Å². The van der Waals surface area contributed by atoms with Crippen molar-refractivity contribution in [1.29, 1.82) is 0 Å². The van der Waals surface area contributed by atoms with Crippen LogP contribution in [0.4, 0.5) is 4.39 Å². The Morgan fingerprint density at radius 3 is 2.54 bits per heavy atom. The molecule has 132 valence electrons. The molecule has 1 atom stereocenters. The minimum absolute atomic E-state index is 0.143. The fourth-order valence-corrected chi connectivity index (χ4v) is 3.66. The van der Waals surface area contributed by atoms with Gasteiger partial charge >= 0.3 is 0 Å². The van der Waals surface area contributed by atoms with E-state index >= 15 is 0 Å². The fraction of sp³-hybridized carbons (Fsp3) is 0.143. The van der Waals surface area contributed by atoms with E-state index in [1.165, 1.54) is 18.2 Å². The van der Waals surface area contributed by atoms with E-state index in [9.17, 15) is 9.18 Å². The van der Waals surface area contributed by atoms with E-state index in [0.29, 0.717) is 0 Å². The van der Waals surface area contributed by atoms with Crippen LogP contribution in [0, 0.1) is 12.7 Å². The second kappa shape index (κ2) is 8.06. The second-order valence-electron chi connectivity index (χ2n) is 5.95.